The second kappa shape index (κ2) is 5.17. The van der Waals surface area contributed by atoms with Gasteiger partial charge in [-0.1, -0.05) is 11.2 Å². The highest BCUT2D eigenvalue weighted by atomic mass is 16.4. The van der Waals surface area contributed by atoms with Crippen LogP contribution in [0.3, 0.4) is 0 Å². The third-order valence-corrected chi connectivity index (χ3v) is 4.70. The lowest BCUT2D eigenvalue weighted by Crippen LogP contribution is -2.36. The summed E-state index contributed by atoms with van der Waals surface area (Å²) >= 11 is 0. The normalized spacial score (nSPS) is 17.2. The average molecular weight is 335 g/mol. The van der Waals surface area contributed by atoms with Crippen molar-refractivity contribution in [2.24, 2.45) is 0 Å². The molecule has 0 spiro atoms. The van der Waals surface area contributed by atoms with Crippen LogP contribution in [0.25, 0.3) is 5.52 Å². The van der Waals surface area contributed by atoms with E-state index in [0.717, 1.165) is 35.6 Å². The molecule has 4 aromatic heterocycles. The van der Waals surface area contributed by atoms with Crippen molar-refractivity contribution in [1.29, 1.82) is 0 Å². The van der Waals surface area contributed by atoms with Crippen LogP contribution in [0, 0.1) is 13.8 Å². The third-order valence-electron chi connectivity index (χ3n) is 4.70. The maximum atomic E-state index is 5.70. The molecule has 1 unspecified atom stereocenters. The van der Waals surface area contributed by atoms with Crippen molar-refractivity contribution in [3.8, 4) is 0 Å². The van der Waals surface area contributed by atoms with Crippen LogP contribution in [0.1, 0.15) is 34.6 Å². The smallest absolute Gasteiger partial charge is 0.319 e. The zero-order valence-electron chi connectivity index (χ0n) is 14.0. The van der Waals surface area contributed by atoms with Gasteiger partial charge in [0.05, 0.1) is 23.2 Å². The standard InChI is InChI=1S/C17H17N7O/c1-10-4-3-6-24-14(10)8-13(22-24)16-15-12(18-9-19-15)5-7-23(16)17-21-20-11(2)25-17/h3-4,6,8-9,16H,5,7H2,1-2H3,(H,18,19). The summed E-state index contributed by atoms with van der Waals surface area (Å²) in [5.41, 5.74) is 5.27. The van der Waals surface area contributed by atoms with E-state index in [1.807, 2.05) is 16.8 Å². The highest BCUT2D eigenvalue weighted by molar-refractivity contribution is 5.56. The van der Waals surface area contributed by atoms with Crippen molar-refractivity contribution in [1.82, 2.24) is 29.8 Å². The molecule has 5 rings (SSSR count). The molecule has 1 aliphatic heterocycles. The van der Waals surface area contributed by atoms with Gasteiger partial charge in [-0.3, -0.25) is 0 Å². The number of pyridine rings is 1. The summed E-state index contributed by atoms with van der Waals surface area (Å²) in [5.74, 6) is 0.549. The van der Waals surface area contributed by atoms with E-state index in [1.54, 1.807) is 13.3 Å². The number of aryl methyl sites for hydroxylation is 2. The molecule has 8 nitrogen and oxygen atoms in total. The molecule has 4 aromatic rings. The van der Waals surface area contributed by atoms with Crippen molar-refractivity contribution >= 4 is 11.5 Å². The van der Waals surface area contributed by atoms with Gasteiger partial charge in [0.15, 0.2) is 0 Å². The van der Waals surface area contributed by atoms with Crippen LogP contribution in [-0.4, -0.2) is 36.3 Å². The number of aromatic amines is 1. The summed E-state index contributed by atoms with van der Waals surface area (Å²) in [6.07, 6.45) is 4.54. The van der Waals surface area contributed by atoms with E-state index in [0.29, 0.717) is 11.9 Å². The lowest BCUT2D eigenvalue weighted by atomic mass is 10.00. The Morgan fingerprint density at radius 2 is 2.20 bits per heavy atom. The molecule has 5 heterocycles. The number of imidazole rings is 1. The van der Waals surface area contributed by atoms with Crippen LogP contribution in [0.15, 0.2) is 35.1 Å². The Balaban J connectivity index is 1.69. The number of hydrogen-bond donors (Lipinski definition) is 1. The topological polar surface area (TPSA) is 88.1 Å². The van der Waals surface area contributed by atoms with Crippen LogP contribution >= 0.6 is 0 Å². The highest BCUT2D eigenvalue weighted by Gasteiger charge is 2.35. The predicted octanol–water partition coefficient (Wildman–Crippen LogP) is 2.21. The molecule has 0 saturated carbocycles. The first kappa shape index (κ1) is 14.2. The van der Waals surface area contributed by atoms with Crippen LogP contribution in [0.5, 0.6) is 0 Å². The van der Waals surface area contributed by atoms with Crippen LogP contribution < -0.4 is 4.90 Å². The van der Waals surface area contributed by atoms with Gasteiger partial charge in [-0.05, 0) is 24.6 Å². The summed E-state index contributed by atoms with van der Waals surface area (Å²) in [6.45, 7) is 4.64. The minimum atomic E-state index is -0.158. The van der Waals surface area contributed by atoms with Gasteiger partial charge in [0, 0.05) is 31.8 Å². The van der Waals surface area contributed by atoms with Gasteiger partial charge in [-0.15, -0.1) is 5.10 Å². The minimum absolute atomic E-state index is 0.158. The van der Waals surface area contributed by atoms with Crippen molar-refractivity contribution in [3.63, 3.8) is 0 Å². The molecule has 0 bridgehead atoms. The Kier molecular flexibility index (Phi) is 2.94. The molecule has 25 heavy (non-hydrogen) atoms. The molecular weight excluding hydrogens is 318 g/mol. The van der Waals surface area contributed by atoms with E-state index in [1.165, 1.54) is 5.56 Å². The van der Waals surface area contributed by atoms with E-state index < -0.39 is 0 Å². The number of aromatic nitrogens is 6. The summed E-state index contributed by atoms with van der Waals surface area (Å²) in [7, 11) is 0. The Labute approximate surface area is 143 Å². The van der Waals surface area contributed by atoms with Gasteiger partial charge in [0.2, 0.25) is 5.89 Å². The summed E-state index contributed by atoms with van der Waals surface area (Å²) in [4.78, 5) is 9.88. The average Bonchev–Trinajstić information content (AvgIpc) is 3.32. The predicted molar refractivity (Wildman–Crippen MR) is 90.4 cm³/mol. The van der Waals surface area contributed by atoms with E-state index in [9.17, 15) is 0 Å². The molecular formula is C17H17N7O. The molecule has 8 heteroatoms. The molecule has 126 valence electrons. The third kappa shape index (κ3) is 2.14. The Bertz CT molecular complexity index is 1060. The molecule has 0 aromatic carbocycles. The van der Waals surface area contributed by atoms with E-state index in [2.05, 4.69) is 44.1 Å². The van der Waals surface area contributed by atoms with Gasteiger partial charge in [0.1, 0.15) is 6.04 Å². The van der Waals surface area contributed by atoms with Gasteiger partial charge in [-0.2, -0.15) is 5.10 Å². The molecule has 1 atom stereocenters. The SMILES string of the molecule is Cc1nnc(N2CCc3[nH]cnc3C2c2cc3c(C)cccn3n2)o1. The number of hydrogen-bond acceptors (Lipinski definition) is 6. The van der Waals surface area contributed by atoms with E-state index in [4.69, 9.17) is 9.52 Å². The molecule has 0 saturated heterocycles. The number of fused-ring (bicyclic) bond motifs is 2. The van der Waals surface area contributed by atoms with E-state index in [-0.39, 0.29) is 6.04 Å². The lowest BCUT2D eigenvalue weighted by molar-refractivity contribution is 0.477. The highest BCUT2D eigenvalue weighted by Crippen LogP contribution is 2.36. The Morgan fingerprint density at radius 1 is 1.28 bits per heavy atom. The maximum Gasteiger partial charge on any atom is 0.319 e. The number of rotatable bonds is 2. The van der Waals surface area contributed by atoms with Gasteiger partial charge >= 0.3 is 6.01 Å². The van der Waals surface area contributed by atoms with Crippen LogP contribution in [0.4, 0.5) is 6.01 Å². The molecule has 0 amide bonds. The maximum absolute atomic E-state index is 5.70. The van der Waals surface area contributed by atoms with E-state index >= 15 is 0 Å². The first-order chi connectivity index (χ1) is 12.2. The first-order valence-electron chi connectivity index (χ1n) is 8.24. The van der Waals surface area contributed by atoms with Crippen molar-refractivity contribution in [2.45, 2.75) is 26.3 Å². The van der Waals surface area contributed by atoms with Crippen LogP contribution in [0.2, 0.25) is 0 Å². The number of nitrogens with one attached hydrogen (secondary N) is 1. The summed E-state index contributed by atoms with van der Waals surface area (Å²) in [6, 6.07) is 6.54. The van der Waals surface area contributed by atoms with Crippen molar-refractivity contribution < 1.29 is 4.42 Å². The fraction of sp³-hybridized carbons (Fsp3) is 0.294. The second-order valence-electron chi connectivity index (χ2n) is 6.31. The Morgan fingerprint density at radius 3 is 3.00 bits per heavy atom. The van der Waals surface area contributed by atoms with Gasteiger partial charge in [-0.25, -0.2) is 9.50 Å². The largest absolute Gasteiger partial charge is 0.408 e. The van der Waals surface area contributed by atoms with Gasteiger partial charge in [0.25, 0.3) is 0 Å². The minimum Gasteiger partial charge on any atom is -0.408 e. The quantitative estimate of drug-likeness (QED) is 0.604. The molecule has 1 N–H and O–H groups in total. The molecule has 0 radical (unpaired) electrons. The van der Waals surface area contributed by atoms with Crippen molar-refractivity contribution in [3.05, 3.63) is 59.3 Å². The summed E-state index contributed by atoms with van der Waals surface area (Å²) in [5, 5.41) is 13.0. The zero-order valence-corrected chi connectivity index (χ0v) is 14.0. The van der Waals surface area contributed by atoms with Crippen molar-refractivity contribution in [2.75, 3.05) is 11.4 Å². The van der Waals surface area contributed by atoms with Gasteiger partial charge < -0.3 is 14.3 Å². The fourth-order valence-electron chi connectivity index (χ4n) is 3.49. The fourth-order valence-corrected chi connectivity index (χ4v) is 3.49. The molecule has 0 aliphatic carbocycles. The Hall–Kier alpha value is -3.16. The number of anilines is 1. The molecule has 0 fully saturated rings. The monoisotopic (exact) mass is 335 g/mol. The first-order valence-corrected chi connectivity index (χ1v) is 8.24. The lowest BCUT2D eigenvalue weighted by Gasteiger charge is -2.32. The summed E-state index contributed by atoms with van der Waals surface area (Å²) < 4.78 is 7.60. The molecule has 1 aliphatic rings. The number of nitrogens with zero attached hydrogens (tertiary/aromatic N) is 6. The zero-order chi connectivity index (χ0) is 17.0. The number of H-pyrrole nitrogens is 1. The van der Waals surface area contributed by atoms with Crippen LogP contribution in [-0.2, 0) is 6.42 Å². The second-order valence-corrected chi connectivity index (χ2v) is 6.31.